The first-order valence-electron chi connectivity index (χ1n) is 4.77. The Balaban J connectivity index is 2.54. The molecule has 0 unspecified atom stereocenters. The molecule has 3 N–H and O–H groups in total. The van der Waals surface area contributed by atoms with Crippen LogP contribution in [0, 0.1) is 13.8 Å². The van der Waals surface area contributed by atoms with Gasteiger partial charge in [-0.3, -0.25) is 4.98 Å². The maximum atomic E-state index is 5.20. The number of hydrogen-bond acceptors (Lipinski definition) is 3. The van der Waals surface area contributed by atoms with Gasteiger partial charge in [-0.15, -0.1) is 0 Å². The van der Waals surface area contributed by atoms with E-state index in [-0.39, 0.29) is 0 Å². The van der Waals surface area contributed by atoms with E-state index in [1.165, 1.54) is 17.3 Å². The van der Waals surface area contributed by atoms with Crippen LogP contribution in [0.4, 0.5) is 0 Å². The number of hydrogen-bond donors (Lipinski definition) is 2. The summed E-state index contributed by atoms with van der Waals surface area (Å²) in [5.74, 6) is 0. The quantitative estimate of drug-likeness (QED) is 0.704. The van der Waals surface area contributed by atoms with Crippen LogP contribution in [0.15, 0.2) is 24.7 Å². The number of nitrogens with one attached hydrogen (secondary N) is 1. The topological polar surface area (TPSA) is 50.9 Å². The third-order valence-corrected chi connectivity index (χ3v) is 2.30. The maximum absolute atomic E-state index is 5.20. The number of nitrogens with zero attached hydrogens (tertiary/aromatic N) is 1. The van der Waals surface area contributed by atoms with Gasteiger partial charge in [-0.2, -0.15) is 0 Å². The second-order valence-corrected chi connectivity index (χ2v) is 3.26. The standard InChI is InChI=1S/C11H17N3/c1-9-3-7-14-11(10(9)2)4-6-13-8-5-12/h3,5,7-8,13H,4,6,12H2,1-2H3/b8-5-. The molecule has 3 nitrogen and oxygen atoms in total. The summed E-state index contributed by atoms with van der Waals surface area (Å²) in [5, 5.41) is 3.08. The summed E-state index contributed by atoms with van der Waals surface area (Å²) in [6.07, 6.45) is 6.02. The van der Waals surface area contributed by atoms with Crippen LogP contribution < -0.4 is 11.1 Å². The average molecular weight is 191 g/mol. The third-order valence-electron chi connectivity index (χ3n) is 2.30. The van der Waals surface area contributed by atoms with E-state index in [1.807, 2.05) is 12.3 Å². The largest absolute Gasteiger partial charge is 0.403 e. The molecule has 0 bridgehead atoms. The molecule has 0 fully saturated rings. The molecule has 0 atom stereocenters. The zero-order valence-electron chi connectivity index (χ0n) is 8.75. The van der Waals surface area contributed by atoms with Crippen molar-refractivity contribution in [2.24, 2.45) is 5.73 Å². The number of nitrogens with two attached hydrogens (primary N) is 1. The Hall–Kier alpha value is -1.51. The van der Waals surface area contributed by atoms with E-state index in [1.54, 1.807) is 6.20 Å². The molecular formula is C11H17N3. The number of rotatable bonds is 4. The predicted octanol–water partition coefficient (Wildman–Crippen LogP) is 1.26. The number of aromatic nitrogens is 1. The SMILES string of the molecule is Cc1ccnc(CCN/C=C\N)c1C. The van der Waals surface area contributed by atoms with Crippen LogP contribution in [0.5, 0.6) is 0 Å². The van der Waals surface area contributed by atoms with Crippen molar-refractivity contribution in [3.63, 3.8) is 0 Å². The fourth-order valence-corrected chi connectivity index (χ4v) is 1.28. The van der Waals surface area contributed by atoms with Crippen molar-refractivity contribution < 1.29 is 0 Å². The Labute approximate surface area is 85.0 Å². The molecule has 1 rings (SSSR count). The molecule has 0 radical (unpaired) electrons. The minimum absolute atomic E-state index is 0.866. The van der Waals surface area contributed by atoms with Crippen molar-refractivity contribution in [3.05, 3.63) is 41.5 Å². The predicted molar refractivity (Wildman–Crippen MR) is 58.7 cm³/mol. The minimum atomic E-state index is 0.866. The molecule has 0 saturated heterocycles. The van der Waals surface area contributed by atoms with Crippen LogP contribution in [0.1, 0.15) is 16.8 Å². The summed E-state index contributed by atoms with van der Waals surface area (Å²) in [4.78, 5) is 4.34. The normalized spacial score (nSPS) is 10.7. The van der Waals surface area contributed by atoms with Gasteiger partial charge in [0.25, 0.3) is 0 Å². The van der Waals surface area contributed by atoms with Gasteiger partial charge in [-0.1, -0.05) is 0 Å². The lowest BCUT2D eigenvalue weighted by molar-refractivity contribution is 0.803. The Morgan fingerprint density at radius 3 is 3.00 bits per heavy atom. The van der Waals surface area contributed by atoms with E-state index >= 15 is 0 Å². The molecule has 0 saturated carbocycles. The first kappa shape index (κ1) is 10.6. The molecule has 14 heavy (non-hydrogen) atoms. The van der Waals surface area contributed by atoms with E-state index in [9.17, 15) is 0 Å². The molecule has 0 spiro atoms. The van der Waals surface area contributed by atoms with Gasteiger partial charge in [0.2, 0.25) is 0 Å². The van der Waals surface area contributed by atoms with Crippen molar-refractivity contribution >= 4 is 0 Å². The zero-order chi connectivity index (χ0) is 10.4. The van der Waals surface area contributed by atoms with Crippen LogP contribution in [0.25, 0.3) is 0 Å². The van der Waals surface area contributed by atoms with E-state index in [0.29, 0.717) is 0 Å². The second kappa shape index (κ2) is 5.27. The van der Waals surface area contributed by atoms with Gasteiger partial charge >= 0.3 is 0 Å². The summed E-state index contributed by atoms with van der Waals surface area (Å²) in [5.41, 5.74) is 8.94. The fraction of sp³-hybridized carbons (Fsp3) is 0.364. The lowest BCUT2D eigenvalue weighted by Gasteiger charge is -2.06. The summed E-state index contributed by atoms with van der Waals surface area (Å²) in [6, 6.07) is 2.03. The van der Waals surface area contributed by atoms with Gasteiger partial charge in [0.1, 0.15) is 0 Å². The first-order chi connectivity index (χ1) is 6.75. The van der Waals surface area contributed by atoms with Crippen LogP contribution >= 0.6 is 0 Å². The van der Waals surface area contributed by atoms with Gasteiger partial charge in [-0.05, 0) is 31.0 Å². The highest BCUT2D eigenvalue weighted by Gasteiger charge is 2.00. The zero-order valence-corrected chi connectivity index (χ0v) is 8.75. The molecule has 0 aliphatic heterocycles. The number of aryl methyl sites for hydroxylation is 1. The molecule has 0 aliphatic carbocycles. The Kier molecular flexibility index (Phi) is 3.98. The average Bonchev–Trinajstić information content (AvgIpc) is 2.19. The van der Waals surface area contributed by atoms with Crippen molar-refractivity contribution in [2.45, 2.75) is 20.3 Å². The highest BCUT2D eigenvalue weighted by molar-refractivity contribution is 5.27. The van der Waals surface area contributed by atoms with Gasteiger partial charge < -0.3 is 11.1 Å². The maximum Gasteiger partial charge on any atom is 0.0452 e. The van der Waals surface area contributed by atoms with Gasteiger partial charge in [-0.25, -0.2) is 0 Å². The summed E-state index contributed by atoms with van der Waals surface area (Å²) in [6.45, 7) is 5.08. The fourth-order valence-electron chi connectivity index (χ4n) is 1.28. The summed E-state index contributed by atoms with van der Waals surface area (Å²) in [7, 11) is 0. The highest BCUT2D eigenvalue weighted by atomic mass is 14.8. The monoisotopic (exact) mass is 191 g/mol. The Bertz CT molecular complexity index is 318. The van der Waals surface area contributed by atoms with Crippen LogP contribution in [-0.4, -0.2) is 11.5 Å². The number of pyridine rings is 1. The van der Waals surface area contributed by atoms with Gasteiger partial charge in [0.15, 0.2) is 0 Å². The molecule has 76 valence electrons. The van der Waals surface area contributed by atoms with Gasteiger partial charge in [0, 0.05) is 37.3 Å². The van der Waals surface area contributed by atoms with Gasteiger partial charge in [0.05, 0.1) is 0 Å². The van der Waals surface area contributed by atoms with Crippen LogP contribution in [-0.2, 0) is 6.42 Å². The van der Waals surface area contributed by atoms with Crippen molar-refractivity contribution in [3.8, 4) is 0 Å². The highest BCUT2D eigenvalue weighted by Crippen LogP contribution is 2.09. The first-order valence-corrected chi connectivity index (χ1v) is 4.77. The molecular weight excluding hydrogens is 174 g/mol. The van der Waals surface area contributed by atoms with Crippen molar-refractivity contribution in [2.75, 3.05) is 6.54 Å². The Morgan fingerprint density at radius 1 is 1.50 bits per heavy atom. The molecule has 1 aromatic heterocycles. The van der Waals surface area contributed by atoms with E-state index in [2.05, 4.69) is 24.1 Å². The molecule has 3 heteroatoms. The van der Waals surface area contributed by atoms with Crippen molar-refractivity contribution in [1.82, 2.24) is 10.3 Å². The van der Waals surface area contributed by atoms with E-state index in [4.69, 9.17) is 5.73 Å². The van der Waals surface area contributed by atoms with Crippen LogP contribution in [0.3, 0.4) is 0 Å². The summed E-state index contributed by atoms with van der Waals surface area (Å²) >= 11 is 0. The molecule has 0 aromatic carbocycles. The minimum Gasteiger partial charge on any atom is -0.403 e. The second-order valence-electron chi connectivity index (χ2n) is 3.26. The Morgan fingerprint density at radius 2 is 2.29 bits per heavy atom. The molecule has 0 amide bonds. The van der Waals surface area contributed by atoms with E-state index in [0.717, 1.165) is 18.7 Å². The lowest BCUT2D eigenvalue weighted by atomic mass is 10.1. The van der Waals surface area contributed by atoms with Crippen molar-refractivity contribution in [1.29, 1.82) is 0 Å². The molecule has 1 aromatic rings. The summed E-state index contributed by atoms with van der Waals surface area (Å²) < 4.78 is 0. The lowest BCUT2D eigenvalue weighted by Crippen LogP contribution is -2.12. The van der Waals surface area contributed by atoms with E-state index < -0.39 is 0 Å². The third kappa shape index (κ3) is 2.76. The molecule has 0 aliphatic rings. The smallest absolute Gasteiger partial charge is 0.0452 e. The van der Waals surface area contributed by atoms with Crippen LogP contribution in [0.2, 0.25) is 0 Å². The molecule has 1 heterocycles.